The molecule has 0 saturated carbocycles. The number of ether oxygens (including phenoxy) is 2. The van der Waals surface area contributed by atoms with Gasteiger partial charge in [-0.2, -0.15) is 0 Å². The highest BCUT2D eigenvalue weighted by Gasteiger charge is 2.33. The van der Waals surface area contributed by atoms with E-state index in [4.69, 9.17) is 15.2 Å². The first-order chi connectivity index (χ1) is 12.1. The number of carbonyl (C=O) groups excluding carboxylic acids is 2. The molecule has 3 rings (SSSR count). The van der Waals surface area contributed by atoms with Gasteiger partial charge in [0.25, 0.3) is 0 Å². The normalized spacial score (nSPS) is 20.6. The lowest BCUT2D eigenvalue weighted by molar-refractivity contribution is -0.120. The van der Waals surface area contributed by atoms with Crippen molar-refractivity contribution in [3.63, 3.8) is 0 Å². The van der Waals surface area contributed by atoms with Gasteiger partial charge < -0.3 is 25.4 Å². The number of nitrogens with zero attached hydrogens (tertiary/aromatic N) is 2. The van der Waals surface area contributed by atoms with E-state index in [0.29, 0.717) is 37.7 Å². The summed E-state index contributed by atoms with van der Waals surface area (Å²) in [6.45, 7) is 2.67. The van der Waals surface area contributed by atoms with E-state index in [0.717, 1.165) is 0 Å². The molecule has 1 aromatic carbocycles. The van der Waals surface area contributed by atoms with Crippen molar-refractivity contribution in [2.75, 3.05) is 55.7 Å². The van der Waals surface area contributed by atoms with E-state index in [1.54, 1.807) is 12.1 Å². The number of morpholine rings is 1. The topological polar surface area (TPSA) is 97.1 Å². The molecule has 0 radical (unpaired) electrons. The van der Waals surface area contributed by atoms with Gasteiger partial charge >= 0.3 is 6.09 Å². The number of halogens is 1. The lowest BCUT2D eigenvalue weighted by atomic mass is 10.2. The quantitative estimate of drug-likeness (QED) is 0.778. The minimum atomic E-state index is -0.564. The third kappa shape index (κ3) is 3.99. The second kappa shape index (κ2) is 7.66. The van der Waals surface area contributed by atoms with Gasteiger partial charge in [-0.05, 0) is 18.2 Å². The molecule has 9 heteroatoms. The summed E-state index contributed by atoms with van der Waals surface area (Å²) in [6, 6.07) is 4.68. The van der Waals surface area contributed by atoms with Gasteiger partial charge in [-0.3, -0.25) is 9.69 Å². The van der Waals surface area contributed by atoms with E-state index in [1.807, 2.05) is 4.90 Å². The molecule has 2 heterocycles. The minimum Gasteiger partial charge on any atom is -0.442 e. The summed E-state index contributed by atoms with van der Waals surface area (Å²) in [4.78, 5) is 26.5. The molecule has 8 nitrogen and oxygen atoms in total. The Morgan fingerprint density at radius 2 is 2.12 bits per heavy atom. The van der Waals surface area contributed by atoms with Gasteiger partial charge in [0.05, 0.1) is 44.2 Å². The fourth-order valence-electron chi connectivity index (χ4n) is 2.86. The van der Waals surface area contributed by atoms with Crippen molar-refractivity contribution in [3.8, 4) is 0 Å². The van der Waals surface area contributed by atoms with Crippen molar-refractivity contribution in [1.29, 1.82) is 0 Å². The number of cyclic esters (lactones) is 1. The summed E-state index contributed by atoms with van der Waals surface area (Å²) in [7, 11) is 0. The summed E-state index contributed by atoms with van der Waals surface area (Å²) in [5.41, 5.74) is 6.13. The Bertz CT molecular complexity index is 651. The van der Waals surface area contributed by atoms with Gasteiger partial charge in [-0.1, -0.05) is 0 Å². The summed E-state index contributed by atoms with van der Waals surface area (Å²) >= 11 is 0. The van der Waals surface area contributed by atoms with Crippen LogP contribution in [0.25, 0.3) is 0 Å². The predicted octanol–water partition coefficient (Wildman–Crippen LogP) is 0.0624. The maximum atomic E-state index is 14.5. The zero-order valence-corrected chi connectivity index (χ0v) is 13.7. The second-order valence-electron chi connectivity index (χ2n) is 5.86. The van der Waals surface area contributed by atoms with Crippen molar-refractivity contribution < 1.29 is 23.5 Å². The molecule has 2 aliphatic heterocycles. The van der Waals surface area contributed by atoms with Gasteiger partial charge in [-0.25, -0.2) is 9.18 Å². The van der Waals surface area contributed by atoms with E-state index in [-0.39, 0.29) is 25.5 Å². The molecule has 0 unspecified atom stereocenters. The van der Waals surface area contributed by atoms with Crippen molar-refractivity contribution in [3.05, 3.63) is 24.0 Å². The number of nitrogens with one attached hydrogen (secondary N) is 1. The fraction of sp³-hybridized carbons (Fsp3) is 0.500. The van der Waals surface area contributed by atoms with Crippen molar-refractivity contribution >= 4 is 23.4 Å². The number of nitrogens with two attached hydrogens (primary N) is 1. The van der Waals surface area contributed by atoms with Crippen LogP contribution in [0.5, 0.6) is 0 Å². The van der Waals surface area contributed by atoms with Gasteiger partial charge in [-0.15, -0.1) is 0 Å². The lowest BCUT2D eigenvalue weighted by Crippen LogP contribution is -2.37. The maximum absolute atomic E-state index is 14.5. The molecule has 0 aliphatic carbocycles. The Morgan fingerprint density at radius 3 is 2.80 bits per heavy atom. The van der Waals surface area contributed by atoms with E-state index in [2.05, 4.69) is 5.32 Å². The molecule has 0 spiro atoms. The average Bonchev–Trinajstić information content (AvgIpc) is 3.01. The van der Waals surface area contributed by atoms with Crippen LogP contribution in [-0.4, -0.2) is 64.0 Å². The molecular weight excluding hydrogens is 331 g/mol. The first kappa shape index (κ1) is 17.4. The van der Waals surface area contributed by atoms with Gasteiger partial charge in [0.15, 0.2) is 0 Å². The molecule has 1 aromatic rings. The number of benzene rings is 1. The molecular formula is C16H21FN4O4. The largest absolute Gasteiger partial charge is 0.442 e. The molecule has 25 heavy (non-hydrogen) atoms. The Balaban J connectivity index is 1.66. The molecule has 2 saturated heterocycles. The summed E-state index contributed by atoms with van der Waals surface area (Å²) in [6.07, 6.45) is -1.06. The standard InChI is InChI=1S/C16H21FN4O4/c17-13-7-11(1-2-14(13)20-3-5-24-6-4-20)21-10-12(25-16(21)23)9-19-15(22)8-18/h1-2,7,12H,3-6,8-10,18H2,(H,19,22)/t12-/m0/s1. The Morgan fingerprint density at radius 1 is 1.36 bits per heavy atom. The molecule has 0 aromatic heterocycles. The average molecular weight is 352 g/mol. The van der Waals surface area contributed by atoms with Crippen LogP contribution >= 0.6 is 0 Å². The van der Waals surface area contributed by atoms with Crippen LogP contribution in [0.1, 0.15) is 0 Å². The number of anilines is 2. The van der Waals surface area contributed by atoms with Crippen LogP contribution in [0.3, 0.4) is 0 Å². The van der Waals surface area contributed by atoms with Crippen LogP contribution in [-0.2, 0) is 14.3 Å². The van der Waals surface area contributed by atoms with Crippen LogP contribution in [0, 0.1) is 5.82 Å². The van der Waals surface area contributed by atoms with Crippen LogP contribution in [0.4, 0.5) is 20.6 Å². The lowest BCUT2D eigenvalue weighted by Gasteiger charge is -2.29. The molecule has 2 aliphatic rings. The van der Waals surface area contributed by atoms with Crippen molar-refractivity contribution in [2.45, 2.75) is 6.10 Å². The van der Waals surface area contributed by atoms with Crippen LogP contribution in [0.15, 0.2) is 18.2 Å². The summed E-state index contributed by atoms with van der Waals surface area (Å²) in [5.74, 6) is -0.720. The highest BCUT2D eigenvalue weighted by molar-refractivity contribution is 5.90. The smallest absolute Gasteiger partial charge is 0.414 e. The molecule has 3 N–H and O–H groups in total. The molecule has 1 atom stereocenters. The van der Waals surface area contributed by atoms with Gasteiger partial charge in [0.2, 0.25) is 5.91 Å². The fourth-order valence-corrected chi connectivity index (χ4v) is 2.86. The SMILES string of the molecule is NCC(=O)NC[C@H]1CN(c2ccc(N3CCOCC3)c(F)c2)C(=O)O1. The van der Waals surface area contributed by atoms with E-state index in [1.165, 1.54) is 11.0 Å². The summed E-state index contributed by atoms with van der Waals surface area (Å²) < 4.78 is 24.9. The Hall–Kier alpha value is -2.39. The van der Waals surface area contributed by atoms with Crippen LogP contribution in [0.2, 0.25) is 0 Å². The van der Waals surface area contributed by atoms with E-state index >= 15 is 0 Å². The Kier molecular flexibility index (Phi) is 5.34. The molecule has 0 bridgehead atoms. The van der Waals surface area contributed by atoms with E-state index < -0.39 is 18.0 Å². The zero-order valence-electron chi connectivity index (χ0n) is 13.7. The first-order valence-corrected chi connectivity index (χ1v) is 8.15. The monoisotopic (exact) mass is 352 g/mol. The van der Waals surface area contributed by atoms with Crippen LogP contribution < -0.4 is 20.9 Å². The maximum Gasteiger partial charge on any atom is 0.414 e. The second-order valence-corrected chi connectivity index (χ2v) is 5.86. The number of hydrogen-bond acceptors (Lipinski definition) is 6. The Labute approximate surface area is 144 Å². The molecule has 136 valence electrons. The highest BCUT2D eigenvalue weighted by atomic mass is 19.1. The van der Waals surface area contributed by atoms with Gasteiger partial charge in [0.1, 0.15) is 11.9 Å². The molecule has 2 fully saturated rings. The predicted molar refractivity (Wildman–Crippen MR) is 89.1 cm³/mol. The summed E-state index contributed by atoms with van der Waals surface area (Å²) in [5, 5.41) is 2.57. The minimum absolute atomic E-state index is 0.126. The first-order valence-electron chi connectivity index (χ1n) is 8.15. The number of rotatable bonds is 5. The zero-order chi connectivity index (χ0) is 17.8. The number of carbonyl (C=O) groups is 2. The third-order valence-electron chi connectivity index (χ3n) is 4.18. The van der Waals surface area contributed by atoms with Crippen molar-refractivity contribution in [1.82, 2.24) is 5.32 Å². The van der Waals surface area contributed by atoms with Crippen molar-refractivity contribution in [2.24, 2.45) is 5.73 Å². The van der Waals surface area contributed by atoms with E-state index in [9.17, 15) is 14.0 Å². The highest BCUT2D eigenvalue weighted by Crippen LogP contribution is 2.28. The molecule has 2 amide bonds. The third-order valence-corrected chi connectivity index (χ3v) is 4.18. The number of hydrogen-bond donors (Lipinski definition) is 2. The number of amides is 2. The van der Waals surface area contributed by atoms with Gasteiger partial charge in [0, 0.05) is 13.1 Å².